The summed E-state index contributed by atoms with van der Waals surface area (Å²) in [5.74, 6) is -1.20. The van der Waals surface area contributed by atoms with Crippen molar-refractivity contribution in [1.29, 1.82) is 0 Å². The average molecular weight is 264 g/mol. The van der Waals surface area contributed by atoms with Gasteiger partial charge in [-0.05, 0) is 6.07 Å². The molecule has 0 spiro atoms. The van der Waals surface area contributed by atoms with Crippen molar-refractivity contribution < 1.29 is 19.2 Å². The molecule has 1 fully saturated rings. The first-order valence-corrected chi connectivity index (χ1v) is 5.65. The molecule has 1 aromatic carbocycles. The summed E-state index contributed by atoms with van der Waals surface area (Å²) in [5.41, 5.74) is 0.331. The Labute approximate surface area is 108 Å². The van der Waals surface area contributed by atoms with Crippen LogP contribution in [0.1, 0.15) is 6.42 Å². The first-order valence-electron chi connectivity index (χ1n) is 5.65. The van der Waals surface area contributed by atoms with Crippen molar-refractivity contribution in [2.24, 2.45) is 5.92 Å². The molecule has 0 unspecified atom stereocenters. The second-order valence-corrected chi connectivity index (χ2v) is 4.21. The Morgan fingerprint density at radius 3 is 2.89 bits per heavy atom. The summed E-state index contributed by atoms with van der Waals surface area (Å²) in [5, 5.41) is 10.7. The summed E-state index contributed by atoms with van der Waals surface area (Å²) >= 11 is 0. The van der Waals surface area contributed by atoms with E-state index in [1.807, 2.05) is 0 Å². The third-order valence-electron chi connectivity index (χ3n) is 3.01. The summed E-state index contributed by atoms with van der Waals surface area (Å²) in [4.78, 5) is 34.8. The topological polar surface area (TPSA) is 89.8 Å². The number of methoxy groups -OCH3 is 1. The number of esters is 1. The largest absolute Gasteiger partial charge is 0.469 e. The number of nitro groups is 1. The lowest BCUT2D eigenvalue weighted by atomic mass is 10.1. The van der Waals surface area contributed by atoms with Crippen molar-refractivity contribution in [3.05, 3.63) is 34.4 Å². The van der Waals surface area contributed by atoms with E-state index in [0.29, 0.717) is 5.69 Å². The maximum Gasteiger partial charge on any atom is 0.311 e. The molecule has 1 aromatic rings. The monoisotopic (exact) mass is 264 g/mol. The van der Waals surface area contributed by atoms with Gasteiger partial charge in [-0.1, -0.05) is 6.07 Å². The number of carbonyl (C=O) groups excluding carboxylic acids is 2. The Hall–Kier alpha value is -2.44. The number of hydrogen-bond acceptors (Lipinski definition) is 5. The van der Waals surface area contributed by atoms with Gasteiger partial charge in [0.1, 0.15) is 0 Å². The van der Waals surface area contributed by atoms with Crippen LogP contribution in [0.5, 0.6) is 0 Å². The lowest BCUT2D eigenvalue weighted by molar-refractivity contribution is -0.384. The van der Waals surface area contributed by atoms with Gasteiger partial charge in [-0.2, -0.15) is 0 Å². The van der Waals surface area contributed by atoms with Crippen LogP contribution < -0.4 is 4.90 Å². The molecule has 0 aliphatic carbocycles. The molecule has 1 amide bonds. The van der Waals surface area contributed by atoms with E-state index in [1.165, 1.54) is 30.2 Å². The van der Waals surface area contributed by atoms with Crippen LogP contribution in [0.15, 0.2) is 24.3 Å². The number of ether oxygens (including phenoxy) is 1. The number of non-ortho nitro benzene ring substituents is 1. The minimum absolute atomic E-state index is 0.0648. The number of amides is 1. The fraction of sp³-hybridized carbons (Fsp3) is 0.333. The molecule has 1 aliphatic heterocycles. The van der Waals surface area contributed by atoms with Gasteiger partial charge in [0.05, 0.1) is 23.6 Å². The SMILES string of the molecule is COC(=O)[C@@H]1CC(=O)N(c2cccc([N+](=O)[O-])c2)C1. The van der Waals surface area contributed by atoms with Crippen molar-refractivity contribution in [3.8, 4) is 0 Å². The number of rotatable bonds is 3. The van der Waals surface area contributed by atoms with Crippen LogP contribution >= 0.6 is 0 Å². The first kappa shape index (κ1) is 13.0. The number of hydrogen-bond donors (Lipinski definition) is 0. The van der Waals surface area contributed by atoms with Crippen LogP contribution in [-0.4, -0.2) is 30.5 Å². The second kappa shape index (κ2) is 5.05. The lowest BCUT2D eigenvalue weighted by Crippen LogP contribution is -2.26. The highest BCUT2D eigenvalue weighted by Crippen LogP contribution is 2.28. The maximum absolute atomic E-state index is 11.8. The van der Waals surface area contributed by atoms with Crippen LogP contribution in [0.4, 0.5) is 11.4 Å². The lowest BCUT2D eigenvalue weighted by Gasteiger charge is -2.15. The van der Waals surface area contributed by atoms with Gasteiger partial charge in [-0.3, -0.25) is 19.7 Å². The highest BCUT2D eigenvalue weighted by atomic mass is 16.6. The van der Waals surface area contributed by atoms with Crippen molar-refractivity contribution in [1.82, 2.24) is 0 Å². The molecule has 0 bridgehead atoms. The highest BCUT2D eigenvalue weighted by Gasteiger charge is 2.36. The molecule has 0 radical (unpaired) electrons. The van der Waals surface area contributed by atoms with E-state index in [4.69, 9.17) is 0 Å². The summed E-state index contributed by atoms with van der Waals surface area (Å²) in [6, 6.07) is 5.77. The molecule has 7 nitrogen and oxygen atoms in total. The third-order valence-corrected chi connectivity index (χ3v) is 3.01. The second-order valence-electron chi connectivity index (χ2n) is 4.21. The van der Waals surface area contributed by atoms with Gasteiger partial charge in [-0.15, -0.1) is 0 Å². The first-order chi connectivity index (χ1) is 9.02. The van der Waals surface area contributed by atoms with E-state index in [9.17, 15) is 19.7 Å². The van der Waals surface area contributed by atoms with Gasteiger partial charge in [0.2, 0.25) is 5.91 Å². The van der Waals surface area contributed by atoms with E-state index in [1.54, 1.807) is 6.07 Å². The van der Waals surface area contributed by atoms with Gasteiger partial charge in [0, 0.05) is 25.1 Å². The van der Waals surface area contributed by atoms with Crippen molar-refractivity contribution in [2.45, 2.75) is 6.42 Å². The minimum Gasteiger partial charge on any atom is -0.469 e. The van der Waals surface area contributed by atoms with E-state index >= 15 is 0 Å². The molecule has 1 saturated heterocycles. The average Bonchev–Trinajstić information content (AvgIpc) is 2.80. The number of carbonyl (C=O) groups is 2. The summed E-state index contributed by atoms with van der Waals surface area (Å²) in [6.07, 6.45) is 0.0648. The zero-order valence-electron chi connectivity index (χ0n) is 10.2. The van der Waals surface area contributed by atoms with Gasteiger partial charge >= 0.3 is 5.97 Å². The molecule has 7 heteroatoms. The predicted molar refractivity (Wildman–Crippen MR) is 65.6 cm³/mol. The van der Waals surface area contributed by atoms with Crippen molar-refractivity contribution in [3.63, 3.8) is 0 Å². The molecule has 1 heterocycles. The van der Waals surface area contributed by atoms with E-state index in [2.05, 4.69) is 4.74 Å². The molecule has 0 saturated carbocycles. The van der Waals surface area contributed by atoms with Crippen LogP contribution in [0, 0.1) is 16.0 Å². The molecular formula is C12H12N2O5. The van der Waals surface area contributed by atoms with Crippen molar-refractivity contribution in [2.75, 3.05) is 18.6 Å². The van der Waals surface area contributed by atoms with Crippen LogP contribution in [0.3, 0.4) is 0 Å². The number of anilines is 1. The predicted octanol–water partition coefficient (Wildman–Crippen LogP) is 1.12. The molecule has 19 heavy (non-hydrogen) atoms. The maximum atomic E-state index is 11.8. The summed E-state index contributed by atoms with van der Waals surface area (Å²) in [6.45, 7) is 0.187. The Kier molecular flexibility index (Phi) is 3.46. The van der Waals surface area contributed by atoms with Crippen LogP contribution in [-0.2, 0) is 14.3 Å². The third kappa shape index (κ3) is 2.54. The fourth-order valence-electron chi connectivity index (χ4n) is 2.06. The zero-order valence-corrected chi connectivity index (χ0v) is 10.2. The molecule has 100 valence electrons. The molecule has 1 atom stereocenters. The molecule has 2 rings (SSSR count). The van der Waals surface area contributed by atoms with Crippen molar-refractivity contribution >= 4 is 23.3 Å². The smallest absolute Gasteiger partial charge is 0.311 e. The van der Waals surface area contributed by atoms with Gasteiger partial charge < -0.3 is 9.64 Å². The quantitative estimate of drug-likeness (QED) is 0.463. The Balaban J connectivity index is 2.23. The Morgan fingerprint density at radius 1 is 1.53 bits per heavy atom. The van der Waals surface area contributed by atoms with E-state index < -0.39 is 16.8 Å². The van der Waals surface area contributed by atoms with Crippen LogP contribution in [0.2, 0.25) is 0 Å². The number of benzene rings is 1. The van der Waals surface area contributed by atoms with Gasteiger partial charge in [0.25, 0.3) is 5.69 Å². The number of nitro benzene ring substituents is 1. The summed E-state index contributed by atoms with van der Waals surface area (Å²) < 4.78 is 4.60. The molecular weight excluding hydrogens is 252 g/mol. The van der Waals surface area contributed by atoms with Crippen LogP contribution in [0.25, 0.3) is 0 Å². The zero-order chi connectivity index (χ0) is 14.0. The normalized spacial score (nSPS) is 18.5. The van der Waals surface area contributed by atoms with Gasteiger partial charge in [0.15, 0.2) is 0 Å². The molecule has 0 aromatic heterocycles. The standard InChI is InChI=1S/C12H12N2O5/c1-19-12(16)8-5-11(15)13(7-8)9-3-2-4-10(6-9)14(17)18/h2-4,6,8H,5,7H2,1H3/t8-/m1/s1. The van der Waals surface area contributed by atoms with E-state index in [0.717, 1.165) is 0 Å². The number of nitrogens with zero attached hydrogens (tertiary/aromatic N) is 2. The minimum atomic E-state index is -0.526. The molecule has 1 aliphatic rings. The molecule has 0 N–H and O–H groups in total. The summed E-state index contributed by atoms with van der Waals surface area (Å²) in [7, 11) is 1.27. The fourth-order valence-corrected chi connectivity index (χ4v) is 2.06. The Morgan fingerprint density at radius 2 is 2.26 bits per heavy atom. The van der Waals surface area contributed by atoms with E-state index in [-0.39, 0.29) is 24.6 Å². The highest BCUT2D eigenvalue weighted by molar-refractivity contribution is 5.99. The van der Waals surface area contributed by atoms with Gasteiger partial charge in [-0.25, -0.2) is 0 Å². The Bertz CT molecular complexity index is 543.